The molecule has 1 aliphatic rings. The molecule has 0 aromatic heterocycles. The summed E-state index contributed by atoms with van der Waals surface area (Å²) < 4.78 is 5.29. The van der Waals surface area contributed by atoms with Crippen LogP contribution >= 0.6 is 24.0 Å². The van der Waals surface area contributed by atoms with Gasteiger partial charge in [0.15, 0.2) is 5.96 Å². The van der Waals surface area contributed by atoms with Crippen LogP contribution in [0.4, 0.5) is 0 Å². The molecule has 3 rings (SSSR count). The van der Waals surface area contributed by atoms with E-state index >= 15 is 0 Å². The van der Waals surface area contributed by atoms with Crippen LogP contribution in [0, 0.1) is 0 Å². The first-order chi connectivity index (χ1) is 14.3. The lowest BCUT2D eigenvalue weighted by atomic mass is 10.0. The topological polar surface area (TPSA) is 48.9 Å². The predicted octanol–water partition coefficient (Wildman–Crippen LogP) is 4.08. The van der Waals surface area contributed by atoms with Crippen molar-refractivity contribution in [2.75, 3.05) is 33.8 Å². The van der Waals surface area contributed by atoms with E-state index < -0.39 is 0 Å². The van der Waals surface area contributed by atoms with Gasteiger partial charge < -0.3 is 15.4 Å². The van der Waals surface area contributed by atoms with Gasteiger partial charge in [-0.05, 0) is 48.9 Å². The van der Waals surface area contributed by atoms with Gasteiger partial charge in [0.1, 0.15) is 5.75 Å². The van der Waals surface area contributed by atoms with Crippen molar-refractivity contribution in [3.05, 3.63) is 65.7 Å². The molecule has 164 valence electrons. The SMILES string of the molecule is CN=C(NCCCc1cccc(OC)c1)NC1CCN(Cc2ccccc2)CC1.I. The molecule has 1 heterocycles. The van der Waals surface area contributed by atoms with Crippen molar-refractivity contribution in [3.63, 3.8) is 0 Å². The fourth-order valence-electron chi connectivity index (χ4n) is 3.79. The van der Waals surface area contributed by atoms with Gasteiger partial charge in [-0.3, -0.25) is 9.89 Å². The Morgan fingerprint density at radius 1 is 1.07 bits per heavy atom. The first kappa shape index (κ1) is 24.5. The molecule has 1 saturated heterocycles. The van der Waals surface area contributed by atoms with Crippen molar-refractivity contribution < 1.29 is 4.74 Å². The quantitative estimate of drug-likeness (QED) is 0.238. The van der Waals surface area contributed by atoms with Gasteiger partial charge in [-0.2, -0.15) is 0 Å². The number of likely N-dealkylation sites (tertiary alicyclic amines) is 1. The molecule has 1 fully saturated rings. The molecule has 0 bridgehead atoms. The first-order valence-electron chi connectivity index (χ1n) is 10.6. The molecule has 30 heavy (non-hydrogen) atoms. The monoisotopic (exact) mass is 522 g/mol. The summed E-state index contributed by atoms with van der Waals surface area (Å²) in [6, 6.07) is 19.5. The molecule has 0 aliphatic carbocycles. The molecule has 0 spiro atoms. The summed E-state index contributed by atoms with van der Waals surface area (Å²) in [7, 11) is 3.56. The Morgan fingerprint density at radius 2 is 1.80 bits per heavy atom. The summed E-state index contributed by atoms with van der Waals surface area (Å²) in [6.45, 7) is 4.20. The number of methoxy groups -OCH3 is 1. The lowest BCUT2D eigenvalue weighted by molar-refractivity contribution is 0.198. The second kappa shape index (κ2) is 13.5. The Hall–Kier alpha value is -1.80. The van der Waals surface area contributed by atoms with Crippen LogP contribution in [-0.2, 0) is 13.0 Å². The number of hydrogen-bond acceptors (Lipinski definition) is 3. The maximum absolute atomic E-state index is 5.29. The van der Waals surface area contributed by atoms with Crippen LogP contribution in [0.3, 0.4) is 0 Å². The van der Waals surface area contributed by atoms with Crippen molar-refractivity contribution in [1.29, 1.82) is 0 Å². The van der Waals surface area contributed by atoms with Gasteiger partial charge in [0.05, 0.1) is 7.11 Å². The van der Waals surface area contributed by atoms with E-state index in [0.29, 0.717) is 6.04 Å². The van der Waals surface area contributed by atoms with Crippen LogP contribution in [-0.4, -0.2) is 50.7 Å². The highest BCUT2D eigenvalue weighted by Crippen LogP contribution is 2.15. The normalized spacial score (nSPS) is 15.3. The number of piperidine rings is 1. The molecular weight excluding hydrogens is 487 g/mol. The van der Waals surface area contributed by atoms with Crippen molar-refractivity contribution in [2.45, 2.75) is 38.3 Å². The van der Waals surface area contributed by atoms with Gasteiger partial charge >= 0.3 is 0 Å². The third kappa shape index (κ3) is 8.14. The van der Waals surface area contributed by atoms with Gasteiger partial charge in [-0.15, -0.1) is 24.0 Å². The summed E-state index contributed by atoms with van der Waals surface area (Å²) in [4.78, 5) is 6.94. The zero-order valence-electron chi connectivity index (χ0n) is 18.1. The standard InChI is InChI=1S/C24H34N4O.HI/c1-25-24(26-15-7-11-20-10-6-12-23(18-20)29-2)27-22-13-16-28(17-14-22)19-21-8-4-3-5-9-21;/h3-6,8-10,12,18,22H,7,11,13-17,19H2,1-2H3,(H2,25,26,27);1H. The van der Waals surface area contributed by atoms with Gasteiger partial charge in [0, 0.05) is 39.3 Å². The van der Waals surface area contributed by atoms with E-state index in [1.54, 1.807) is 7.11 Å². The van der Waals surface area contributed by atoms with E-state index in [1.165, 1.54) is 11.1 Å². The van der Waals surface area contributed by atoms with Crippen molar-refractivity contribution in [1.82, 2.24) is 15.5 Å². The summed E-state index contributed by atoms with van der Waals surface area (Å²) in [5.74, 6) is 1.84. The number of nitrogens with zero attached hydrogens (tertiary/aromatic N) is 2. The van der Waals surface area contributed by atoms with Crippen LogP contribution in [0.1, 0.15) is 30.4 Å². The zero-order valence-corrected chi connectivity index (χ0v) is 20.5. The highest BCUT2D eigenvalue weighted by molar-refractivity contribution is 14.0. The summed E-state index contributed by atoms with van der Waals surface area (Å²) in [5, 5.41) is 7.06. The Balaban J connectivity index is 0.00000320. The zero-order chi connectivity index (χ0) is 20.3. The molecular formula is C24H35IN4O. The largest absolute Gasteiger partial charge is 0.497 e. The van der Waals surface area contributed by atoms with Crippen LogP contribution in [0.15, 0.2) is 59.6 Å². The maximum atomic E-state index is 5.29. The second-order valence-electron chi connectivity index (χ2n) is 7.63. The minimum atomic E-state index is 0. The second-order valence-corrected chi connectivity index (χ2v) is 7.63. The summed E-state index contributed by atoms with van der Waals surface area (Å²) in [6.07, 6.45) is 4.39. The molecule has 2 aromatic rings. The molecule has 0 unspecified atom stereocenters. The van der Waals surface area contributed by atoms with Gasteiger partial charge in [-0.1, -0.05) is 42.5 Å². The number of aryl methyl sites for hydroxylation is 1. The first-order valence-corrected chi connectivity index (χ1v) is 10.6. The van der Waals surface area contributed by atoms with Crippen LogP contribution in [0.25, 0.3) is 0 Å². The fourth-order valence-corrected chi connectivity index (χ4v) is 3.79. The number of rotatable bonds is 8. The molecule has 0 amide bonds. The van der Waals surface area contributed by atoms with Crippen LogP contribution in [0.5, 0.6) is 5.75 Å². The van der Waals surface area contributed by atoms with Crippen molar-refractivity contribution >= 4 is 29.9 Å². The van der Waals surface area contributed by atoms with Gasteiger partial charge in [0.2, 0.25) is 0 Å². The molecule has 1 aliphatic heterocycles. The Morgan fingerprint density at radius 3 is 2.50 bits per heavy atom. The third-order valence-corrected chi connectivity index (χ3v) is 5.47. The highest BCUT2D eigenvalue weighted by atomic mass is 127. The third-order valence-electron chi connectivity index (χ3n) is 5.47. The lowest BCUT2D eigenvalue weighted by Crippen LogP contribution is -2.48. The molecule has 0 radical (unpaired) electrons. The lowest BCUT2D eigenvalue weighted by Gasteiger charge is -2.33. The fraction of sp³-hybridized carbons (Fsp3) is 0.458. The number of guanidine groups is 1. The molecule has 2 N–H and O–H groups in total. The van der Waals surface area contributed by atoms with Crippen molar-refractivity contribution in [3.8, 4) is 5.75 Å². The Labute approximate surface area is 198 Å². The van der Waals surface area contributed by atoms with Gasteiger partial charge in [0.25, 0.3) is 0 Å². The summed E-state index contributed by atoms with van der Waals surface area (Å²) in [5.41, 5.74) is 2.70. The molecule has 2 aromatic carbocycles. The van der Waals surface area contributed by atoms with E-state index in [2.05, 4.69) is 63.0 Å². The number of benzene rings is 2. The Kier molecular flexibility index (Phi) is 11.0. The highest BCUT2D eigenvalue weighted by Gasteiger charge is 2.19. The number of halogens is 1. The van der Waals surface area contributed by atoms with E-state index in [-0.39, 0.29) is 24.0 Å². The van der Waals surface area contributed by atoms with Gasteiger partial charge in [-0.25, -0.2) is 0 Å². The number of nitrogens with one attached hydrogen (secondary N) is 2. The average molecular weight is 522 g/mol. The van der Waals surface area contributed by atoms with Crippen molar-refractivity contribution in [2.24, 2.45) is 4.99 Å². The molecule has 0 atom stereocenters. The Bertz CT molecular complexity index is 761. The molecule has 0 saturated carbocycles. The maximum Gasteiger partial charge on any atom is 0.191 e. The van der Waals surface area contributed by atoms with E-state index in [1.807, 2.05) is 19.2 Å². The predicted molar refractivity (Wildman–Crippen MR) is 136 cm³/mol. The molecule has 6 heteroatoms. The average Bonchev–Trinajstić information content (AvgIpc) is 2.78. The van der Waals surface area contributed by atoms with E-state index in [9.17, 15) is 0 Å². The number of hydrogen-bond donors (Lipinski definition) is 2. The number of ether oxygens (including phenoxy) is 1. The minimum Gasteiger partial charge on any atom is -0.497 e. The summed E-state index contributed by atoms with van der Waals surface area (Å²) >= 11 is 0. The smallest absolute Gasteiger partial charge is 0.191 e. The van der Waals surface area contributed by atoms with Crippen LogP contribution < -0.4 is 15.4 Å². The van der Waals surface area contributed by atoms with E-state index in [4.69, 9.17) is 4.74 Å². The van der Waals surface area contributed by atoms with E-state index in [0.717, 1.165) is 63.6 Å². The van der Waals surface area contributed by atoms with Crippen LogP contribution in [0.2, 0.25) is 0 Å². The number of aliphatic imine (C=N–C) groups is 1. The minimum absolute atomic E-state index is 0. The molecule has 5 nitrogen and oxygen atoms in total.